The van der Waals surface area contributed by atoms with Crippen molar-refractivity contribution in [3.8, 4) is 5.75 Å². The Labute approximate surface area is 173 Å². The van der Waals surface area contributed by atoms with Gasteiger partial charge in [-0.1, -0.05) is 24.6 Å². The highest BCUT2D eigenvalue weighted by atomic mass is 127. The number of aromatic nitrogens is 2. The molecule has 0 amide bonds. The maximum absolute atomic E-state index is 5.73. The number of ether oxygens (including phenoxy) is 1. The minimum absolute atomic E-state index is 0. The van der Waals surface area contributed by atoms with Crippen LogP contribution in [0.2, 0.25) is 0 Å². The molecule has 0 saturated carbocycles. The largest absolute Gasteiger partial charge is 0.492 e. The first kappa shape index (κ1) is 22.3. The van der Waals surface area contributed by atoms with Gasteiger partial charge in [-0.2, -0.15) is 5.10 Å². The van der Waals surface area contributed by atoms with E-state index >= 15 is 0 Å². The van der Waals surface area contributed by atoms with Crippen LogP contribution in [-0.4, -0.2) is 42.0 Å². The first-order valence-corrected chi connectivity index (χ1v) is 8.86. The van der Waals surface area contributed by atoms with E-state index in [0.717, 1.165) is 31.3 Å². The summed E-state index contributed by atoms with van der Waals surface area (Å²) in [7, 11) is 0. The van der Waals surface area contributed by atoms with Crippen molar-refractivity contribution in [2.45, 2.75) is 27.3 Å². The van der Waals surface area contributed by atoms with Gasteiger partial charge in [-0.15, -0.1) is 24.0 Å². The maximum Gasteiger partial charge on any atom is 0.191 e. The van der Waals surface area contributed by atoms with Gasteiger partial charge < -0.3 is 15.4 Å². The highest BCUT2D eigenvalue weighted by Gasteiger charge is 2.04. The number of aliphatic imine (C=N–C) groups is 1. The third-order valence-electron chi connectivity index (χ3n) is 3.65. The summed E-state index contributed by atoms with van der Waals surface area (Å²) < 4.78 is 7.67. The molecule has 6 nitrogen and oxygen atoms in total. The Hall–Kier alpha value is -1.77. The molecular formula is C19H30IN5O. The molecule has 0 aliphatic heterocycles. The number of aryl methyl sites for hydroxylation is 1. The molecule has 0 spiro atoms. The van der Waals surface area contributed by atoms with Gasteiger partial charge in [-0.25, -0.2) is 0 Å². The second-order valence-corrected chi connectivity index (χ2v) is 6.14. The van der Waals surface area contributed by atoms with Crippen LogP contribution in [0.3, 0.4) is 0 Å². The van der Waals surface area contributed by atoms with Crippen LogP contribution in [0.5, 0.6) is 5.75 Å². The molecule has 144 valence electrons. The van der Waals surface area contributed by atoms with Crippen LogP contribution in [0.1, 0.15) is 19.4 Å². The number of guanidine groups is 1. The van der Waals surface area contributed by atoms with Crippen LogP contribution in [0.4, 0.5) is 0 Å². The molecule has 0 radical (unpaired) electrons. The van der Waals surface area contributed by atoms with E-state index < -0.39 is 0 Å². The summed E-state index contributed by atoms with van der Waals surface area (Å²) in [5.41, 5.74) is 1.23. The summed E-state index contributed by atoms with van der Waals surface area (Å²) in [6.07, 6.45) is 3.78. The fraction of sp³-hybridized carbons (Fsp3) is 0.474. The third kappa shape index (κ3) is 8.55. The lowest BCUT2D eigenvalue weighted by molar-refractivity contribution is 0.322. The topological polar surface area (TPSA) is 63.5 Å². The Morgan fingerprint density at radius 2 is 2.04 bits per heavy atom. The molecule has 1 atom stereocenters. The van der Waals surface area contributed by atoms with Gasteiger partial charge >= 0.3 is 0 Å². The normalized spacial score (nSPS) is 12.2. The van der Waals surface area contributed by atoms with E-state index in [-0.39, 0.29) is 24.0 Å². The zero-order valence-corrected chi connectivity index (χ0v) is 18.1. The second kappa shape index (κ2) is 12.6. The van der Waals surface area contributed by atoms with Crippen LogP contribution in [0, 0.1) is 12.8 Å². The van der Waals surface area contributed by atoms with E-state index in [0.29, 0.717) is 19.1 Å². The second-order valence-electron chi connectivity index (χ2n) is 6.14. The van der Waals surface area contributed by atoms with Crippen LogP contribution >= 0.6 is 24.0 Å². The number of rotatable bonds is 9. The van der Waals surface area contributed by atoms with Crippen LogP contribution in [0.25, 0.3) is 0 Å². The zero-order valence-electron chi connectivity index (χ0n) is 15.8. The van der Waals surface area contributed by atoms with Crippen LogP contribution in [-0.2, 0) is 6.54 Å². The van der Waals surface area contributed by atoms with E-state index in [1.165, 1.54) is 5.56 Å². The molecule has 1 aromatic heterocycles. The van der Waals surface area contributed by atoms with Crippen LogP contribution in [0.15, 0.2) is 47.7 Å². The monoisotopic (exact) mass is 471 g/mol. The highest BCUT2D eigenvalue weighted by Crippen LogP contribution is 2.10. The maximum atomic E-state index is 5.73. The van der Waals surface area contributed by atoms with Crippen molar-refractivity contribution in [3.63, 3.8) is 0 Å². The smallest absolute Gasteiger partial charge is 0.191 e. The number of halogens is 1. The van der Waals surface area contributed by atoms with E-state index in [4.69, 9.17) is 4.74 Å². The first-order valence-electron chi connectivity index (χ1n) is 8.86. The summed E-state index contributed by atoms with van der Waals surface area (Å²) in [6.45, 7) is 10.0. The minimum atomic E-state index is 0. The van der Waals surface area contributed by atoms with E-state index in [1.807, 2.05) is 29.1 Å². The fourth-order valence-corrected chi connectivity index (χ4v) is 2.35. The molecule has 0 aliphatic rings. The molecule has 2 aromatic rings. The van der Waals surface area contributed by atoms with Gasteiger partial charge in [-0.3, -0.25) is 9.67 Å². The van der Waals surface area contributed by atoms with E-state index in [1.54, 1.807) is 6.20 Å². The van der Waals surface area contributed by atoms with Gasteiger partial charge in [0.05, 0.1) is 6.54 Å². The molecule has 2 N–H and O–H groups in total. The Morgan fingerprint density at radius 1 is 1.27 bits per heavy atom. The SMILES string of the molecule is CCNC(=NCC(C)Cn1cccn1)NCCOc1ccc(C)cc1.I. The molecule has 26 heavy (non-hydrogen) atoms. The van der Waals surface area contributed by atoms with Crippen molar-refractivity contribution >= 4 is 29.9 Å². The lowest BCUT2D eigenvalue weighted by atomic mass is 10.2. The average Bonchev–Trinajstić information content (AvgIpc) is 3.11. The average molecular weight is 471 g/mol. The lowest BCUT2D eigenvalue weighted by Gasteiger charge is -2.14. The molecule has 0 bridgehead atoms. The fourth-order valence-electron chi connectivity index (χ4n) is 2.35. The van der Waals surface area contributed by atoms with Crippen molar-refractivity contribution < 1.29 is 4.74 Å². The standard InChI is InChI=1S/C19H29N5O.HI/c1-4-20-19(22-14-17(3)15-24-12-5-10-23-24)21-11-13-25-18-8-6-16(2)7-9-18;/h5-10,12,17H,4,11,13-15H2,1-3H3,(H2,20,21,22);1H. The quantitative estimate of drug-likeness (QED) is 0.256. The minimum Gasteiger partial charge on any atom is -0.492 e. The summed E-state index contributed by atoms with van der Waals surface area (Å²) in [4.78, 5) is 4.65. The Kier molecular flexibility index (Phi) is 10.8. The molecule has 7 heteroatoms. The van der Waals surface area contributed by atoms with Gasteiger partial charge in [0, 0.05) is 32.0 Å². The molecule has 2 rings (SSSR count). The van der Waals surface area contributed by atoms with Gasteiger partial charge in [0.2, 0.25) is 0 Å². The van der Waals surface area contributed by atoms with Gasteiger partial charge in [0.25, 0.3) is 0 Å². The summed E-state index contributed by atoms with van der Waals surface area (Å²) in [5.74, 6) is 2.13. The lowest BCUT2D eigenvalue weighted by Crippen LogP contribution is -2.39. The first-order chi connectivity index (χ1) is 12.2. The Morgan fingerprint density at radius 3 is 2.69 bits per heavy atom. The van der Waals surface area contributed by atoms with Crippen molar-refractivity contribution in [1.82, 2.24) is 20.4 Å². The highest BCUT2D eigenvalue weighted by molar-refractivity contribution is 14.0. The predicted octanol–water partition coefficient (Wildman–Crippen LogP) is 3.08. The van der Waals surface area contributed by atoms with Gasteiger partial charge in [-0.05, 0) is 38.0 Å². The summed E-state index contributed by atoms with van der Waals surface area (Å²) >= 11 is 0. The molecular weight excluding hydrogens is 441 g/mol. The van der Waals surface area contributed by atoms with Crippen molar-refractivity contribution in [2.75, 3.05) is 26.2 Å². The molecule has 1 heterocycles. The number of hydrogen-bond donors (Lipinski definition) is 2. The Balaban J connectivity index is 0.00000338. The molecule has 1 unspecified atom stereocenters. The number of hydrogen-bond acceptors (Lipinski definition) is 3. The third-order valence-corrected chi connectivity index (χ3v) is 3.65. The van der Waals surface area contributed by atoms with E-state index in [2.05, 4.69) is 53.6 Å². The predicted molar refractivity (Wildman–Crippen MR) is 117 cm³/mol. The zero-order chi connectivity index (χ0) is 17.9. The Bertz CT molecular complexity index is 628. The molecule has 0 saturated heterocycles. The number of nitrogens with one attached hydrogen (secondary N) is 2. The molecule has 1 aromatic carbocycles. The number of nitrogens with zero attached hydrogens (tertiary/aromatic N) is 3. The number of benzene rings is 1. The van der Waals surface area contributed by atoms with Crippen molar-refractivity contribution in [2.24, 2.45) is 10.9 Å². The van der Waals surface area contributed by atoms with Crippen molar-refractivity contribution in [1.29, 1.82) is 0 Å². The molecule has 0 fully saturated rings. The summed E-state index contributed by atoms with van der Waals surface area (Å²) in [6, 6.07) is 10.0. The van der Waals surface area contributed by atoms with Crippen LogP contribution < -0.4 is 15.4 Å². The van der Waals surface area contributed by atoms with Crippen molar-refractivity contribution in [3.05, 3.63) is 48.3 Å². The van der Waals surface area contributed by atoms with Gasteiger partial charge in [0.1, 0.15) is 12.4 Å². The van der Waals surface area contributed by atoms with Gasteiger partial charge in [0.15, 0.2) is 5.96 Å². The molecule has 0 aliphatic carbocycles. The summed E-state index contributed by atoms with van der Waals surface area (Å²) in [5, 5.41) is 10.8. The van der Waals surface area contributed by atoms with E-state index in [9.17, 15) is 0 Å².